The fraction of sp³-hybridized carbons (Fsp3) is 0.889. The molecule has 0 aliphatic rings. The van der Waals surface area contributed by atoms with Gasteiger partial charge in [0.1, 0.15) is 5.75 Å². The molecule has 0 unspecified atom stereocenters. The lowest BCUT2D eigenvalue weighted by molar-refractivity contribution is -0.126. The first-order chi connectivity index (χ1) is 6.57. The molecule has 0 aliphatic carbocycles. The molecule has 0 spiro atoms. The third-order valence-corrected chi connectivity index (χ3v) is 3.71. The van der Waals surface area contributed by atoms with Gasteiger partial charge in [0.05, 0.1) is 5.75 Å². The molecule has 0 radical (unpaired) electrons. The van der Waals surface area contributed by atoms with Crippen molar-refractivity contribution in [3.63, 3.8) is 0 Å². The minimum atomic E-state index is -3.41. The van der Waals surface area contributed by atoms with Crippen LogP contribution >= 0.6 is 0 Å². The van der Waals surface area contributed by atoms with Crippen molar-refractivity contribution in [2.75, 3.05) is 25.1 Å². The van der Waals surface area contributed by atoms with E-state index in [9.17, 15) is 13.2 Å². The van der Waals surface area contributed by atoms with Gasteiger partial charge >= 0.3 is 0 Å². The number of amides is 1. The molecule has 0 saturated heterocycles. The zero-order valence-electron chi connectivity index (χ0n) is 9.78. The van der Waals surface area contributed by atoms with Crippen LogP contribution in [-0.4, -0.2) is 49.9 Å². The van der Waals surface area contributed by atoms with E-state index >= 15 is 0 Å². The van der Waals surface area contributed by atoms with Gasteiger partial charge < -0.3 is 10.6 Å². The molecule has 6 heteroatoms. The molecular weight excluding hydrogens is 216 g/mol. The average molecular weight is 236 g/mol. The van der Waals surface area contributed by atoms with E-state index in [2.05, 4.69) is 0 Å². The molecule has 15 heavy (non-hydrogen) atoms. The lowest BCUT2D eigenvalue weighted by atomic mass is 10.1. The molecule has 90 valence electrons. The van der Waals surface area contributed by atoms with E-state index in [4.69, 9.17) is 5.73 Å². The molecular formula is C9H20N2O3S. The number of nitrogens with two attached hydrogens (primary N) is 1. The summed E-state index contributed by atoms with van der Waals surface area (Å²) in [6.45, 7) is 5.54. The average Bonchev–Trinajstić information content (AvgIpc) is 1.96. The van der Waals surface area contributed by atoms with Crippen LogP contribution in [0.15, 0.2) is 0 Å². The molecule has 2 N–H and O–H groups in total. The van der Waals surface area contributed by atoms with E-state index < -0.39 is 21.1 Å². The summed E-state index contributed by atoms with van der Waals surface area (Å²) in [7, 11) is -1.83. The number of carbonyl (C=O) groups is 1. The van der Waals surface area contributed by atoms with Crippen molar-refractivity contribution < 1.29 is 13.2 Å². The SMILES string of the molecule is CCN(C)C(=O)CS(=O)(=O)CC(C)(C)N. The highest BCUT2D eigenvalue weighted by Crippen LogP contribution is 2.04. The highest BCUT2D eigenvalue weighted by molar-refractivity contribution is 7.92. The summed E-state index contributed by atoms with van der Waals surface area (Å²) in [5, 5.41) is 0. The lowest BCUT2D eigenvalue weighted by Gasteiger charge is -2.19. The van der Waals surface area contributed by atoms with Crippen molar-refractivity contribution >= 4 is 15.7 Å². The second-order valence-corrected chi connectivity index (χ2v) is 6.49. The molecule has 0 rings (SSSR count). The largest absolute Gasteiger partial charge is 0.345 e. The molecule has 5 nitrogen and oxygen atoms in total. The minimum Gasteiger partial charge on any atom is -0.345 e. The predicted octanol–water partition coefficient (Wildman–Crippen LogP) is -0.383. The van der Waals surface area contributed by atoms with Crippen molar-refractivity contribution in [1.82, 2.24) is 4.90 Å². The number of nitrogens with zero attached hydrogens (tertiary/aromatic N) is 1. The van der Waals surface area contributed by atoms with Crippen molar-refractivity contribution in [1.29, 1.82) is 0 Å². The molecule has 0 aromatic carbocycles. The summed E-state index contributed by atoms with van der Waals surface area (Å²) >= 11 is 0. The van der Waals surface area contributed by atoms with Gasteiger partial charge in [0.25, 0.3) is 0 Å². The Kier molecular flexibility index (Phi) is 4.73. The maximum absolute atomic E-state index is 11.5. The smallest absolute Gasteiger partial charge is 0.237 e. The van der Waals surface area contributed by atoms with Crippen LogP contribution in [0, 0.1) is 0 Å². The number of sulfone groups is 1. The van der Waals surface area contributed by atoms with Crippen LogP contribution in [0.2, 0.25) is 0 Å². The Morgan fingerprint density at radius 1 is 1.40 bits per heavy atom. The minimum absolute atomic E-state index is 0.177. The van der Waals surface area contributed by atoms with E-state index in [-0.39, 0.29) is 11.7 Å². The van der Waals surface area contributed by atoms with E-state index in [0.29, 0.717) is 6.54 Å². The Hall–Kier alpha value is -0.620. The van der Waals surface area contributed by atoms with Crippen LogP contribution in [0.4, 0.5) is 0 Å². The Morgan fingerprint density at radius 3 is 2.20 bits per heavy atom. The molecule has 0 heterocycles. The fourth-order valence-corrected chi connectivity index (χ4v) is 2.92. The Labute approximate surface area is 91.5 Å². The zero-order chi connectivity index (χ0) is 12.3. The maximum Gasteiger partial charge on any atom is 0.237 e. The normalized spacial score (nSPS) is 12.6. The second kappa shape index (κ2) is 4.94. The molecule has 0 aromatic rings. The summed E-state index contributed by atoms with van der Waals surface area (Å²) < 4.78 is 23.1. The summed E-state index contributed by atoms with van der Waals surface area (Å²) in [5.41, 5.74) is 4.80. The first-order valence-electron chi connectivity index (χ1n) is 4.80. The standard InChI is InChI=1S/C9H20N2O3S/c1-5-11(4)8(12)6-15(13,14)7-9(2,3)10/h5-7,10H2,1-4H3. The monoisotopic (exact) mass is 236 g/mol. The van der Waals surface area contributed by atoms with E-state index in [1.807, 2.05) is 0 Å². The molecule has 0 fully saturated rings. The van der Waals surface area contributed by atoms with Crippen LogP contribution in [0.1, 0.15) is 20.8 Å². The van der Waals surface area contributed by atoms with Gasteiger partial charge in [-0.15, -0.1) is 0 Å². The van der Waals surface area contributed by atoms with Gasteiger partial charge in [-0.25, -0.2) is 8.42 Å². The van der Waals surface area contributed by atoms with Gasteiger partial charge in [-0.2, -0.15) is 0 Å². The summed E-state index contributed by atoms with van der Waals surface area (Å²) in [5.74, 6) is -1.02. The molecule has 0 atom stereocenters. The molecule has 0 aromatic heterocycles. The van der Waals surface area contributed by atoms with Gasteiger partial charge in [0.15, 0.2) is 9.84 Å². The number of hydrogen-bond acceptors (Lipinski definition) is 4. The van der Waals surface area contributed by atoms with Crippen molar-refractivity contribution in [2.45, 2.75) is 26.3 Å². The molecule has 1 amide bonds. The van der Waals surface area contributed by atoms with Crippen LogP contribution in [-0.2, 0) is 14.6 Å². The zero-order valence-corrected chi connectivity index (χ0v) is 10.6. The highest BCUT2D eigenvalue weighted by atomic mass is 32.2. The molecule has 0 aliphatic heterocycles. The van der Waals surface area contributed by atoms with Crippen LogP contribution in [0.3, 0.4) is 0 Å². The number of carbonyl (C=O) groups excluding carboxylic acids is 1. The van der Waals surface area contributed by atoms with Gasteiger partial charge in [0.2, 0.25) is 5.91 Å². The number of hydrogen-bond donors (Lipinski definition) is 1. The van der Waals surface area contributed by atoms with Crippen molar-refractivity contribution in [3.8, 4) is 0 Å². The number of rotatable bonds is 5. The topological polar surface area (TPSA) is 80.5 Å². The first-order valence-corrected chi connectivity index (χ1v) is 6.63. The van der Waals surface area contributed by atoms with Gasteiger partial charge in [-0.3, -0.25) is 4.79 Å². The second-order valence-electron chi connectivity index (χ2n) is 4.43. The lowest BCUT2D eigenvalue weighted by Crippen LogP contribution is -2.43. The first kappa shape index (κ1) is 14.4. The van der Waals surface area contributed by atoms with E-state index in [0.717, 1.165) is 0 Å². The van der Waals surface area contributed by atoms with Crippen molar-refractivity contribution in [2.24, 2.45) is 5.73 Å². The van der Waals surface area contributed by atoms with E-state index in [1.165, 1.54) is 4.90 Å². The Morgan fingerprint density at radius 2 is 1.87 bits per heavy atom. The van der Waals surface area contributed by atoms with Gasteiger partial charge in [0, 0.05) is 19.1 Å². The van der Waals surface area contributed by atoms with Gasteiger partial charge in [-0.05, 0) is 20.8 Å². The third-order valence-electron chi connectivity index (χ3n) is 1.84. The highest BCUT2D eigenvalue weighted by Gasteiger charge is 2.25. The Bertz CT molecular complexity index is 317. The molecule has 0 saturated carbocycles. The quantitative estimate of drug-likeness (QED) is 0.705. The molecule has 0 bridgehead atoms. The maximum atomic E-state index is 11.5. The fourth-order valence-electron chi connectivity index (χ4n) is 1.09. The predicted molar refractivity (Wildman–Crippen MR) is 60.2 cm³/mol. The van der Waals surface area contributed by atoms with Gasteiger partial charge in [-0.1, -0.05) is 0 Å². The van der Waals surface area contributed by atoms with Crippen LogP contribution in [0.5, 0.6) is 0 Å². The van der Waals surface area contributed by atoms with Crippen LogP contribution < -0.4 is 5.73 Å². The summed E-state index contributed by atoms with van der Waals surface area (Å²) in [6.07, 6.45) is 0. The van der Waals surface area contributed by atoms with Crippen molar-refractivity contribution in [3.05, 3.63) is 0 Å². The van der Waals surface area contributed by atoms with E-state index in [1.54, 1.807) is 27.8 Å². The van der Waals surface area contributed by atoms with Crippen LogP contribution in [0.25, 0.3) is 0 Å². The Balaban J connectivity index is 4.47. The summed E-state index contributed by atoms with van der Waals surface area (Å²) in [6, 6.07) is 0. The summed E-state index contributed by atoms with van der Waals surface area (Å²) in [4.78, 5) is 12.8. The third kappa shape index (κ3) is 6.46.